The molecule has 0 aliphatic carbocycles. The van der Waals surface area contributed by atoms with Crippen LogP contribution in [0, 0.1) is 0 Å². The van der Waals surface area contributed by atoms with Crippen molar-refractivity contribution in [1.29, 1.82) is 0 Å². The van der Waals surface area contributed by atoms with Gasteiger partial charge >= 0.3 is 0 Å². The van der Waals surface area contributed by atoms with Gasteiger partial charge in [-0.2, -0.15) is 11.8 Å². The largest absolute Gasteiger partial charge is 0.495 e. The Labute approximate surface area is 128 Å². The third-order valence-corrected chi connectivity index (χ3v) is 5.21. The Morgan fingerprint density at radius 2 is 2.15 bits per heavy atom. The quantitative estimate of drug-likeness (QED) is 0.670. The average molecular weight is 340 g/mol. The molecule has 0 aromatic heterocycles. The monoisotopic (exact) mass is 339 g/mol. The molecule has 1 rings (SSSR count). The van der Waals surface area contributed by atoms with Crippen LogP contribution in [-0.2, 0) is 10.0 Å². The molecule has 0 unspecified atom stereocenters. The number of aliphatic hydroxyl groups excluding tert-OH is 1. The first-order valence-electron chi connectivity index (χ1n) is 6.03. The second-order valence-corrected chi connectivity index (χ2v) is 7.28. The van der Waals surface area contributed by atoms with E-state index in [4.69, 9.17) is 21.4 Å². The number of aliphatic hydroxyl groups is 1. The number of thioether (sulfide) groups is 1. The minimum atomic E-state index is -3.61. The van der Waals surface area contributed by atoms with Crippen molar-refractivity contribution in [3.05, 3.63) is 23.2 Å². The first-order valence-corrected chi connectivity index (χ1v) is 9.04. The Bertz CT molecular complexity index is 522. The minimum Gasteiger partial charge on any atom is -0.495 e. The zero-order chi connectivity index (χ0) is 15.0. The number of sulfonamides is 1. The number of rotatable bonds is 9. The Morgan fingerprint density at radius 1 is 1.40 bits per heavy atom. The predicted octanol–water partition coefficient (Wildman–Crippen LogP) is 1.74. The van der Waals surface area contributed by atoms with Crippen LogP contribution in [0.1, 0.15) is 6.42 Å². The Morgan fingerprint density at radius 3 is 2.80 bits per heavy atom. The van der Waals surface area contributed by atoms with Crippen molar-refractivity contribution in [2.75, 3.05) is 31.8 Å². The fraction of sp³-hybridized carbons (Fsp3) is 0.500. The summed E-state index contributed by atoms with van der Waals surface area (Å²) in [6.07, 6.45) is 0.711. The fourth-order valence-corrected chi connectivity index (χ4v) is 3.71. The first kappa shape index (κ1) is 17.6. The lowest BCUT2D eigenvalue weighted by Crippen LogP contribution is -2.26. The van der Waals surface area contributed by atoms with Gasteiger partial charge in [-0.25, -0.2) is 13.1 Å². The highest BCUT2D eigenvalue weighted by Gasteiger charge is 2.18. The predicted molar refractivity (Wildman–Crippen MR) is 82.2 cm³/mol. The maximum atomic E-state index is 12.1. The van der Waals surface area contributed by atoms with Gasteiger partial charge in [0.1, 0.15) is 10.6 Å². The summed E-state index contributed by atoms with van der Waals surface area (Å²) in [5.41, 5.74) is 0. The van der Waals surface area contributed by atoms with Crippen LogP contribution in [0.4, 0.5) is 0 Å². The maximum Gasteiger partial charge on any atom is 0.244 e. The molecule has 0 atom stereocenters. The van der Waals surface area contributed by atoms with Crippen LogP contribution in [0.2, 0.25) is 5.02 Å². The first-order chi connectivity index (χ1) is 9.51. The molecule has 5 nitrogen and oxygen atoms in total. The van der Waals surface area contributed by atoms with Gasteiger partial charge in [0, 0.05) is 30.0 Å². The summed E-state index contributed by atoms with van der Waals surface area (Å²) in [6.45, 7) is 0.477. The van der Waals surface area contributed by atoms with Gasteiger partial charge in [-0.15, -0.1) is 0 Å². The molecule has 0 spiro atoms. The zero-order valence-electron chi connectivity index (χ0n) is 11.1. The molecule has 0 amide bonds. The van der Waals surface area contributed by atoms with E-state index in [0.29, 0.717) is 23.7 Å². The molecule has 0 aliphatic heterocycles. The summed E-state index contributed by atoms with van der Waals surface area (Å²) in [5.74, 6) is 1.68. The minimum absolute atomic E-state index is 0.0739. The van der Waals surface area contributed by atoms with Gasteiger partial charge in [0.15, 0.2) is 0 Å². The molecular weight excluding hydrogens is 322 g/mol. The van der Waals surface area contributed by atoms with E-state index in [1.807, 2.05) is 0 Å². The number of ether oxygens (including phenoxy) is 1. The molecule has 0 heterocycles. The zero-order valence-corrected chi connectivity index (χ0v) is 13.5. The van der Waals surface area contributed by atoms with Gasteiger partial charge in [0.05, 0.1) is 7.11 Å². The molecule has 2 N–H and O–H groups in total. The summed E-state index contributed by atoms with van der Waals surface area (Å²) in [4.78, 5) is 0.0739. The van der Waals surface area contributed by atoms with Gasteiger partial charge in [0.25, 0.3) is 0 Å². The maximum absolute atomic E-state index is 12.1. The molecular formula is C12H18ClNO4S2. The molecule has 114 valence electrons. The van der Waals surface area contributed by atoms with E-state index in [1.165, 1.54) is 25.3 Å². The van der Waals surface area contributed by atoms with Gasteiger partial charge in [0.2, 0.25) is 10.0 Å². The van der Waals surface area contributed by atoms with Crippen molar-refractivity contribution < 1.29 is 18.3 Å². The van der Waals surface area contributed by atoms with Crippen molar-refractivity contribution >= 4 is 33.4 Å². The van der Waals surface area contributed by atoms with Crippen LogP contribution >= 0.6 is 23.4 Å². The second kappa shape index (κ2) is 8.74. The lowest BCUT2D eigenvalue weighted by atomic mass is 10.3. The van der Waals surface area contributed by atoms with Crippen molar-refractivity contribution in [2.24, 2.45) is 0 Å². The molecule has 20 heavy (non-hydrogen) atoms. The van der Waals surface area contributed by atoms with Crippen molar-refractivity contribution in [1.82, 2.24) is 4.72 Å². The highest BCUT2D eigenvalue weighted by molar-refractivity contribution is 7.99. The summed E-state index contributed by atoms with van der Waals surface area (Å²) < 4.78 is 31.8. The third-order valence-electron chi connectivity index (χ3n) is 2.40. The van der Waals surface area contributed by atoms with Gasteiger partial charge in [-0.1, -0.05) is 11.6 Å². The number of methoxy groups -OCH3 is 1. The molecule has 1 aromatic rings. The van der Waals surface area contributed by atoms with E-state index in [1.54, 1.807) is 11.8 Å². The van der Waals surface area contributed by atoms with E-state index in [-0.39, 0.29) is 17.3 Å². The third kappa shape index (κ3) is 5.49. The van der Waals surface area contributed by atoms with Crippen LogP contribution in [-0.4, -0.2) is 45.3 Å². The van der Waals surface area contributed by atoms with Crippen LogP contribution in [0.5, 0.6) is 5.75 Å². The van der Waals surface area contributed by atoms with Crippen LogP contribution in [0.15, 0.2) is 23.1 Å². The number of hydrogen-bond acceptors (Lipinski definition) is 5. The summed E-state index contributed by atoms with van der Waals surface area (Å²) >= 11 is 7.39. The molecule has 0 radical (unpaired) electrons. The van der Waals surface area contributed by atoms with E-state index < -0.39 is 10.0 Å². The SMILES string of the molecule is COc1cc(Cl)ccc1S(=O)(=O)NCCSCCCO. The Hall–Kier alpha value is -0.470. The summed E-state index contributed by atoms with van der Waals surface area (Å²) in [6, 6.07) is 4.39. The second-order valence-electron chi connectivity index (χ2n) is 3.88. The smallest absolute Gasteiger partial charge is 0.244 e. The average Bonchev–Trinajstić information content (AvgIpc) is 2.42. The molecule has 0 fully saturated rings. The standard InChI is InChI=1S/C12H18ClNO4S2/c1-18-11-9-10(13)3-4-12(11)20(16,17)14-5-8-19-7-2-6-15/h3-4,9,14-15H,2,5-8H2,1H3. The van der Waals surface area contributed by atoms with Crippen LogP contribution < -0.4 is 9.46 Å². The van der Waals surface area contributed by atoms with Crippen molar-refractivity contribution in [2.45, 2.75) is 11.3 Å². The normalized spacial score (nSPS) is 11.6. The molecule has 0 bridgehead atoms. The topological polar surface area (TPSA) is 75.6 Å². The number of nitrogens with one attached hydrogen (secondary N) is 1. The molecule has 8 heteroatoms. The number of hydrogen-bond donors (Lipinski definition) is 2. The van der Waals surface area contributed by atoms with Gasteiger partial charge < -0.3 is 9.84 Å². The molecule has 0 saturated carbocycles. The van der Waals surface area contributed by atoms with Crippen molar-refractivity contribution in [3.8, 4) is 5.75 Å². The molecule has 1 aromatic carbocycles. The number of benzene rings is 1. The summed E-state index contributed by atoms with van der Waals surface area (Å²) in [5, 5.41) is 9.05. The van der Waals surface area contributed by atoms with E-state index in [2.05, 4.69) is 4.72 Å². The number of halogens is 1. The van der Waals surface area contributed by atoms with Crippen LogP contribution in [0.3, 0.4) is 0 Å². The Kier molecular flexibility index (Phi) is 7.68. The van der Waals surface area contributed by atoms with E-state index in [0.717, 1.165) is 5.75 Å². The highest BCUT2D eigenvalue weighted by Crippen LogP contribution is 2.26. The van der Waals surface area contributed by atoms with Gasteiger partial charge in [-0.3, -0.25) is 0 Å². The summed E-state index contributed by atoms with van der Waals surface area (Å²) in [7, 11) is -2.21. The van der Waals surface area contributed by atoms with E-state index in [9.17, 15) is 8.42 Å². The highest BCUT2D eigenvalue weighted by atomic mass is 35.5. The lowest BCUT2D eigenvalue weighted by molar-refractivity contribution is 0.296. The Balaban J connectivity index is 2.60. The van der Waals surface area contributed by atoms with Crippen molar-refractivity contribution in [3.63, 3.8) is 0 Å². The molecule has 0 saturated heterocycles. The lowest BCUT2D eigenvalue weighted by Gasteiger charge is -2.10. The van der Waals surface area contributed by atoms with E-state index >= 15 is 0 Å². The van der Waals surface area contributed by atoms with Crippen LogP contribution in [0.25, 0.3) is 0 Å². The fourth-order valence-electron chi connectivity index (χ4n) is 1.46. The molecule has 0 aliphatic rings. The van der Waals surface area contributed by atoms with Gasteiger partial charge in [-0.05, 0) is 24.3 Å².